The molecule has 0 aliphatic heterocycles. The minimum atomic E-state index is -0.368. The normalized spacial score (nSPS) is 10.9. The van der Waals surface area contributed by atoms with E-state index < -0.39 is 0 Å². The molecule has 0 saturated carbocycles. The number of non-ortho nitro benzene ring substituents is 1. The summed E-state index contributed by atoms with van der Waals surface area (Å²) in [4.78, 5) is 10.1. The van der Waals surface area contributed by atoms with E-state index in [-0.39, 0.29) is 10.6 Å². The standard InChI is InChI=1S/C15H21NO2/c1-2-3-4-5-6-7-8-9-14-10-12-15(13-11-14)16(17)18/h7-8,10-13H,2-6,9H2,1H3/b8-7-. The molecule has 0 N–H and O–H groups in total. The maximum atomic E-state index is 10.5. The van der Waals surface area contributed by atoms with Crippen molar-refractivity contribution >= 4 is 5.69 Å². The molecule has 1 aromatic rings. The Kier molecular flexibility index (Phi) is 6.77. The molecule has 3 nitrogen and oxygen atoms in total. The molecule has 98 valence electrons. The molecule has 18 heavy (non-hydrogen) atoms. The predicted octanol–water partition coefficient (Wildman–Crippen LogP) is 4.66. The predicted molar refractivity (Wildman–Crippen MR) is 74.7 cm³/mol. The molecular formula is C15H21NO2. The number of unbranched alkanes of at least 4 members (excludes halogenated alkanes) is 4. The summed E-state index contributed by atoms with van der Waals surface area (Å²) < 4.78 is 0. The van der Waals surface area contributed by atoms with Crippen LogP contribution in [-0.4, -0.2) is 4.92 Å². The number of rotatable bonds is 8. The lowest BCUT2D eigenvalue weighted by atomic mass is 10.1. The van der Waals surface area contributed by atoms with Gasteiger partial charge in [0.2, 0.25) is 0 Å². The third kappa shape index (κ3) is 5.62. The summed E-state index contributed by atoms with van der Waals surface area (Å²) in [5.74, 6) is 0. The van der Waals surface area contributed by atoms with Crippen molar-refractivity contribution < 1.29 is 4.92 Å². The highest BCUT2D eigenvalue weighted by atomic mass is 16.6. The quantitative estimate of drug-likeness (QED) is 0.290. The number of hydrogen-bond acceptors (Lipinski definition) is 2. The van der Waals surface area contributed by atoms with E-state index in [1.165, 1.54) is 25.7 Å². The first kappa shape index (κ1) is 14.4. The van der Waals surface area contributed by atoms with E-state index >= 15 is 0 Å². The van der Waals surface area contributed by atoms with Crippen LogP contribution in [0.5, 0.6) is 0 Å². The van der Waals surface area contributed by atoms with Crippen molar-refractivity contribution in [3.8, 4) is 0 Å². The third-order valence-corrected chi connectivity index (χ3v) is 2.89. The van der Waals surface area contributed by atoms with Gasteiger partial charge in [-0.05, 0) is 24.8 Å². The monoisotopic (exact) mass is 247 g/mol. The molecule has 0 radical (unpaired) electrons. The molecule has 1 rings (SSSR count). The molecule has 1 aromatic carbocycles. The fraction of sp³-hybridized carbons (Fsp3) is 0.467. The van der Waals surface area contributed by atoms with Crippen molar-refractivity contribution in [2.45, 2.75) is 45.4 Å². The van der Waals surface area contributed by atoms with Crippen LogP contribution in [0.2, 0.25) is 0 Å². The highest BCUT2D eigenvalue weighted by Gasteiger charge is 2.02. The average molecular weight is 247 g/mol. The van der Waals surface area contributed by atoms with E-state index in [0.717, 1.165) is 18.4 Å². The Morgan fingerprint density at radius 3 is 2.44 bits per heavy atom. The van der Waals surface area contributed by atoms with Gasteiger partial charge in [0.1, 0.15) is 0 Å². The fourth-order valence-corrected chi connectivity index (χ4v) is 1.78. The zero-order valence-electron chi connectivity index (χ0n) is 11.0. The molecule has 0 unspecified atom stereocenters. The van der Waals surface area contributed by atoms with E-state index in [4.69, 9.17) is 0 Å². The second-order valence-electron chi connectivity index (χ2n) is 4.45. The summed E-state index contributed by atoms with van der Waals surface area (Å²) in [5.41, 5.74) is 1.27. The maximum absolute atomic E-state index is 10.5. The van der Waals surface area contributed by atoms with Crippen LogP contribution in [0.25, 0.3) is 0 Å². The highest BCUT2D eigenvalue weighted by Crippen LogP contribution is 2.12. The van der Waals surface area contributed by atoms with Crippen LogP contribution in [0.1, 0.15) is 44.6 Å². The van der Waals surface area contributed by atoms with E-state index in [2.05, 4.69) is 19.1 Å². The van der Waals surface area contributed by atoms with Gasteiger partial charge >= 0.3 is 0 Å². The molecule has 0 bridgehead atoms. The summed E-state index contributed by atoms with van der Waals surface area (Å²) in [6.45, 7) is 2.21. The number of nitro groups is 1. The fourth-order valence-electron chi connectivity index (χ4n) is 1.78. The van der Waals surface area contributed by atoms with Crippen LogP contribution in [0.4, 0.5) is 5.69 Å². The minimum Gasteiger partial charge on any atom is -0.258 e. The molecular weight excluding hydrogens is 226 g/mol. The van der Waals surface area contributed by atoms with Crippen LogP contribution in [-0.2, 0) is 6.42 Å². The van der Waals surface area contributed by atoms with E-state index in [9.17, 15) is 10.1 Å². The number of hydrogen-bond donors (Lipinski definition) is 0. The van der Waals surface area contributed by atoms with E-state index in [0.29, 0.717) is 0 Å². The highest BCUT2D eigenvalue weighted by molar-refractivity contribution is 5.33. The Hall–Kier alpha value is -1.64. The summed E-state index contributed by atoms with van der Waals surface area (Å²) in [7, 11) is 0. The van der Waals surface area contributed by atoms with Crippen molar-refractivity contribution in [2.24, 2.45) is 0 Å². The van der Waals surface area contributed by atoms with Crippen LogP contribution in [0.3, 0.4) is 0 Å². The Morgan fingerprint density at radius 1 is 1.11 bits per heavy atom. The topological polar surface area (TPSA) is 43.1 Å². The molecule has 0 aliphatic carbocycles. The summed E-state index contributed by atoms with van der Waals surface area (Å²) in [5, 5.41) is 10.5. The number of nitrogens with zero attached hydrogens (tertiary/aromatic N) is 1. The molecule has 0 amide bonds. The van der Waals surface area contributed by atoms with Gasteiger partial charge in [-0.3, -0.25) is 10.1 Å². The molecule has 0 saturated heterocycles. The summed E-state index contributed by atoms with van der Waals surface area (Å²) >= 11 is 0. The molecule has 0 spiro atoms. The average Bonchev–Trinajstić information content (AvgIpc) is 2.38. The van der Waals surface area contributed by atoms with Crippen LogP contribution < -0.4 is 0 Å². The second kappa shape index (κ2) is 8.45. The van der Waals surface area contributed by atoms with Crippen LogP contribution >= 0.6 is 0 Å². The Bertz CT molecular complexity index is 382. The largest absolute Gasteiger partial charge is 0.269 e. The number of allylic oxidation sites excluding steroid dienone is 2. The molecule has 0 aromatic heterocycles. The molecule has 3 heteroatoms. The van der Waals surface area contributed by atoms with Gasteiger partial charge < -0.3 is 0 Å². The number of nitro benzene ring substituents is 1. The van der Waals surface area contributed by atoms with Crippen molar-refractivity contribution in [3.05, 3.63) is 52.1 Å². The Labute approximate surface area is 109 Å². The van der Waals surface area contributed by atoms with Crippen LogP contribution in [0, 0.1) is 10.1 Å². The third-order valence-electron chi connectivity index (χ3n) is 2.89. The van der Waals surface area contributed by atoms with Gasteiger partial charge in [-0.15, -0.1) is 0 Å². The summed E-state index contributed by atoms with van der Waals surface area (Å²) in [6.07, 6.45) is 11.5. The molecule has 0 fully saturated rings. The van der Waals surface area contributed by atoms with Crippen molar-refractivity contribution in [3.63, 3.8) is 0 Å². The van der Waals surface area contributed by atoms with Gasteiger partial charge in [0, 0.05) is 12.1 Å². The molecule has 0 heterocycles. The lowest BCUT2D eigenvalue weighted by Gasteiger charge is -1.97. The first-order valence-corrected chi connectivity index (χ1v) is 6.62. The van der Waals surface area contributed by atoms with Gasteiger partial charge in [0.15, 0.2) is 0 Å². The maximum Gasteiger partial charge on any atom is 0.269 e. The molecule has 0 atom stereocenters. The van der Waals surface area contributed by atoms with Gasteiger partial charge in [0.25, 0.3) is 5.69 Å². The first-order chi connectivity index (χ1) is 8.74. The van der Waals surface area contributed by atoms with Gasteiger partial charge in [-0.1, -0.05) is 50.5 Å². The Balaban J connectivity index is 2.26. The smallest absolute Gasteiger partial charge is 0.258 e. The summed E-state index contributed by atoms with van der Waals surface area (Å²) in [6, 6.07) is 6.76. The van der Waals surface area contributed by atoms with Gasteiger partial charge in [-0.25, -0.2) is 0 Å². The zero-order chi connectivity index (χ0) is 13.2. The molecule has 0 aliphatic rings. The lowest BCUT2D eigenvalue weighted by molar-refractivity contribution is -0.384. The van der Waals surface area contributed by atoms with Gasteiger partial charge in [0.05, 0.1) is 4.92 Å². The van der Waals surface area contributed by atoms with Crippen molar-refractivity contribution in [2.75, 3.05) is 0 Å². The van der Waals surface area contributed by atoms with Crippen molar-refractivity contribution in [1.82, 2.24) is 0 Å². The van der Waals surface area contributed by atoms with Gasteiger partial charge in [-0.2, -0.15) is 0 Å². The lowest BCUT2D eigenvalue weighted by Crippen LogP contribution is -1.88. The minimum absolute atomic E-state index is 0.155. The van der Waals surface area contributed by atoms with Crippen molar-refractivity contribution in [1.29, 1.82) is 0 Å². The zero-order valence-corrected chi connectivity index (χ0v) is 11.0. The Morgan fingerprint density at radius 2 is 1.83 bits per heavy atom. The SMILES string of the molecule is CCCCCC/C=C\Cc1ccc([N+](=O)[O-])cc1. The van der Waals surface area contributed by atoms with E-state index in [1.54, 1.807) is 12.1 Å². The van der Waals surface area contributed by atoms with Crippen LogP contribution in [0.15, 0.2) is 36.4 Å². The number of benzene rings is 1. The first-order valence-electron chi connectivity index (χ1n) is 6.62. The second-order valence-corrected chi connectivity index (χ2v) is 4.45. The van der Waals surface area contributed by atoms with E-state index in [1.807, 2.05) is 12.1 Å².